The van der Waals surface area contributed by atoms with Gasteiger partial charge in [-0.3, -0.25) is 0 Å². The molecule has 0 saturated carbocycles. The van der Waals surface area contributed by atoms with Crippen molar-refractivity contribution in [2.45, 2.75) is 13.8 Å². The smallest absolute Gasteiger partial charge is 0.222 e. The fraction of sp³-hybridized carbons (Fsp3) is 0.125. The van der Waals surface area contributed by atoms with E-state index >= 15 is 0 Å². The van der Waals surface area contributed by atoms with Gasteiger partial charge in [-0.1, -0.05) is 30.3 Å². The normalized spacial score (nSPS) is 10.4. The standard InChI is InChI=1S/C16H14N4O/c1-11-8-15(20-12(2)19-11)21-14-9-17-16(18-10-14)13-6-4-3-5-7-13/h3-10H,1-2H3. The Hall–Kier alpha value is -2.82. The van der Waals surface area contributed by atoms with Crippen LogP contribution in [-0.4, -0.2) is 19.9 Å². The Morgan fingerprint density at radius 3 is 2.29 bits per heavy atom. The fourth-order valence-electron chi connectivity index (χ4n) is 1.96. The third-order valence-corrected chi connectivity index (χ3v) is 2.83. The molecule has 0 N–H and O–H groups in total. The van der Waals surface area contributed by atoms with Crippen molar-refractivity contribution in [2.75, 3.05) is 0 Å². The van der Waals surface area contributed by atoms with Crippen molar-refractivity contribution in [3.63, 3.8) is 0 Å². The zero-order valence-corrected chi connectivity index (χ0v) is 11.8. The molecule has 2 heterocycles. The zero-order valence-electron chi connectivity index (χ0n) is 11.8. The van der Waals surface area contributed by atoms with Gasteiger partial charge in [0.05, 0.1) is 12.4 Å². The summed E-state index contributed by atoms with van der Waals surface area (Å²) in [6.07, 6.45) is 3.28. The van der Waals surface area contributed by atoms with Gasteiger partial charge in [0.25, 0.3) is 0 Å². The Bertz CT molecular complexity index is 722. The van der Waals surface area contributed by atoms with Gasteiger partial charge in [-0.15, -0.1) is 0 Å². The highest BCUT2D eigenvalue weighted by molar-refractivity contribution is 5.54. The molecule has 5 nitrogen and oxygen atoms in total. The van der Waals surface area contributed by atoms with Gasteiger partial charge < -0.3 is 4.74 Å². The maximum atomic E-state index is 5.65. The van der Waals surface area contributed by atoms with Gasteiger partial charge >= 0.3 is 0 Å². The Balaban J connectivity index is 1.81. The topological polar surface area (TPSA) is 60.8 Å². The van der Waals surface area contributed by atoms with Crippen LogP contribution in [0.4, 0.5) is 0 Å². The molecule has 0 fully saturated rings. The Morgan fingerprint density at radius 1 is 0.905 bits per heavy atom. The van der Waals surface area contributed by atoms with E-state index in [0.717, 1.165) is 11.3 Å². The number of ether oxygens (including phenoxy) is 1. The van der Waals surface area contributed by atoms with Crippen LogP contribution in [0.25, 0.3) is 11.4 Å². The first kappa shape index (κ1) is 13.2. The van der Waals surface area contributed by atoms with Gasteiger partial charge in [-0.05, 0) is 13.8 Å². The molecule has 0 amide bonds. The minimum Gasteiger partial charge on any atom is -0.436 e. The first-order valence-electron chi connectivity index (χ1n) is 6.58. The van der Waals surface area contributed by atoms with Gasteiger partial charge in [0, 0.05) is 17.3 Å². The molecule has 1 aromatic carbocycles. The number of benzene rings is 1. The molecule has 0 aliphatic rings. The van der Waals surface area contributed by atoms with E-state index in [1.165, 1.54) is 0 Å². The highest BCUT2D eigenvalue weighted by Gasteiger charge is 2.04. The second kappa shape index (κ2) is 5.66. The Kier molecular flexibility index (Phi) is 3.55. The van der Waals surface area contributed by atoms with E-state index in [-0.39, 0.29) is 0 Å². The Morgan fingerprint density at radius 2 is 1.62 bits per heavy atom. The van der Waals surface area contributed by atoms with Crippen LogP contribution in [0.2, 0.25) is 0 Å². The summed E-state index contributed by atoms with van der Waals surface area (Å²) in [6.45, 7) is 3.73. The van der Waals surface area contributed by atoms with Crippen LogP contribution >= 0.6 is 0 Å². The molecule has 21 heavy (non-hydrogen) atoms. The molecule has 0 aliphatic carbocycles. The van der Waals surface area contributed by atoms with Crippen LogP contribution < -0.4 is 4.74 Å². The van der Waals surface area contributed by atoms with Crippen LogP contribution in [0.15, 0.2) is 48.8 Å². The molecular formula is C16H14N4O. The maximum absolute atomic E-state index is 5.65. The van der Waals surface area contributed by atoms with Crippen molar-refractivity contribution < 1.29 is 4.74 Å². The quantitative estimate of drug-likeness (QED) is 0.735. The number of aromatic nitrogens is 4. The minimum atomic E-state index is 0.496. The lowest BCUT2D eigenvalue weighted by Gasteiger charge is -2.06. The highest BCUT2D eigenvalue weighted by atomic mass is 16.5. The largest absolute Gasteiger partial charge is 0.436 e. The van der Waals surface area contributed by atoms with Crippen molar-refractivity contribution in [1.82, 2.24) is 19.9 Å². The van der Waals surface area contributed by atoms with Gasteiger partial charge in [0.1, 0.15) is 5.82 Å². The van der Waals surface area contributed by atoms with Crippen LogP contribution in [-0.2, 0) is 0 Å². The van der Waals surface area contributed by atoms with E-state index in [4.69, 9.17) is 4.74 Å². The number of nitrogens with zero attached hydrogens (tertiary/aromatic N) is 4. The molecule has 3 aromatic rings. The van der Waals surface area contributed by atoms with E-state index in [1.54, 1.807) is 18.5 Å². The van der Waals surface area contributed by atoms with E-state index in [0.29, 0.717) is 23.3 Å². The molecule has 104 valence electrons. The van der Waals surface area contributed by atoms with Crippen LogP contribution in [0.5, 0.6) is 11.6 Å². The summed E-state index contributed by atoms with van der Waals surface area (Å²) in [5, 5.41) is 0. The predicted molar refractivity (Wildman–Crippen MR) is 79.0 cm³/mol. The van der Waals surface area contributed by atoms with Crippen LogP contribution in [0.3, 0.4) is 0 Å². The van der Waals surface area contributed by atoms with Crippen molar-refractivity contribution in [3.8, 4) is 23.0 Å². The maximum Gasteiger partial charge on any atom is 0.222 e. The first-order valence-corrected chi connectivity index (χ1v) is 6.58. The third-order valence-electron chi connectivity index (χ3n) is 2.83. The van der Waals surface area contributed by atoms with Crippen molar-refractivity contribution in [1.29, 1.82) is 0 Å². The van der Waals surface area contributed by atoms with E-state index < -0.39 is 0 Å². The molecule has 0 spiro atoms. The van der Waals surface area contributed by atoms with Crippen molar-refractivity contribution >= 4 is 0 Å². The average molecular weight is 278 g/mol. The lowest BCUT2D eigenvalue weighted by molar-refractivity contribution is 0.454. The molecule has 0 aliphatic heterocycles. The van der Waals surface area contributed by atoms with Gasteiger partial charge in [-0.2, -0.15) is 4.98 Å². The summed E-state index contributed by atoms with van der Waals surface area (Å²) in [4.78, 5) is 17.0. The molecule has 0 unspecified atom stereocenters. The second-order valence-electron chi connectivity index (χ2n) is 4.61. The number of hydrogen-bond acceptors (Lipinski definition) is 5. The molecule has 0 saturated heterocycles. The highest BCUT2D eigenvalue weighted by Crippen LogP contribution is 2.20. The summed E-state index contributed by atoms with van der Waals surface area (Å²) in [7, 11) is 0. The zero-order chi connectivity index (χ0) is 14.7. The monoisotopic (exact) mass is 278 g/mol. The number of hydrogen-bond donors (Lipinski definition) is 0. The molecule has 0 radical (unpaired) electrons. The van der Waals surface area contributed by atoms with Gasteiger partial charge in [-0.25, -0.2) is 15.0 Å². The lowest BCUT2D eigenvalue weighted by Crippen LogP contribution is -1.96. The Labute approximate surface area is 122 Å². The SMILES string of the molecule is Cc1cc(Oc2cnc(-c3ccccc3)nc2)nc(C)n1. The van der Waals surface area contributed by atoms with Gasteiger partial charge in [0.2, 0.25) is 5.88 Å². The summed E-state index contributed by atoms with van der Waals surface area (Å²) >= 11 is 0. The fourth-order valence-corrected chi connectivity index (χ4v) is 1.96. The van der Waals surface area contributed by atoms with E-state index in [2.05, 4.69) is 19.9 Å². The summed E-state index contributed by atoms with van der Waals surface area (Å²) in [5.41, 5.74) is 1.83. The molecular weight excluding hydrogens is 264 g/mol. The predicted octanol–water partition coefficient (Wildman–Crippen LogP) is 3.34. The van der Waals surface area contributed by atoms with E-state index in [9.17, 15) is 0 Å². The van der Waals surface area contributed by atoms with Gasteiger partial charge in [0.15, 0.2) is 11.6 Å². The third kappa shape index (κ3) is 3.20. The van der Waals surface area contributed by atoms with Crippen molar-refractivity contribution in [2.24, 2.45) is 0 Å². The van der Waals surface area contributed by atoms with Crippen LogP contribution in [0, 0.1) is 13.8 Å². The lowest BCUT2D eigenvalue weighted by atomic mass is 10.2. The minimum absolute atomic E-state index is 0.496. The molecule has 0 atom stereocenters. The summed E-state index contributed by atoms with van der Waals surface area (Å²) < 4.78 is 5.65. The van der Waals surface area contributed by atoms with Crippen LogP contribution in [0.1, 0.15) is 11.5 Å². The second-order valence-corrected chi connectivity index (χ2v) is 4.61. The number of aryl methyl sites for hydroxylation is 2. The van der Waals surface area contributed by atoms with Crippen molar-refractivity contribution in [3.05, 3.63) is 60.3 Å². The van der Waals surface area contributed by atoms with E-state index in [1.807, 2.05) is 44.2 Å². The summed E-state index contributed by atoms with van der Waals surface area (Å²) in [5.74, 6) is 2.38. The number of rotatable bonds is 3. The molecule has 5 heteroatoms. The molecule has 3 rings (SSSR count). The summed E-state index contributed by atoms with van der Waals surface area (Å²) in [6, 6.07) is 11.6. The molecule has 2 aromatic heterocycles. The first-order chi connectivity index (χ1) is 10.2. The molecule has 0 bridgehead atoms. The average Bonchev–Trinajstić information content (AvgIpc) is 2.48.